The quantitative estimate of drug-likeness (QED) is 0.0598. The number of rotatable bonds is 28. The van der Waals surface area contributed by atoms with Gasteiger partial charge in [0.25, 0.3) is 0 Å². The van der Waals surface area contributed by atoms with Crippen LogP contribution in [0, 0.1) is 147 Å². The number of hydrogen-bond acceptors (Lipinski definition) is 12. The molecule has 0 bridgehead atoms. The lowest BCUT2D eigenvalue weighted by atomic mass is 9.67. The molecule has 5 fully saturated rings. The highest BCUT2D eigenvalue weighted by Gasteiger charge is 2.42. The van der Waals surface area contributed by atoms with E-state index in [0.717, 1.165) is 87.4 Å². The predicted molar refractivity (Wildman–Crippen MR) is 431 cm³/mol. The first-order valence-corrected chi connectivity index (χ1v) is 41.9. The van der Waals surface area contributed by atoms with Crippen LogP contribution in [0.3, 0.4) is 0 Å². The van der Waals surface area contributed by atoms with Crippen LogP contribution in [0.25, 0.3) is 0 Å². The molecule has 2 N–H and O–H groups in total. The van der Waals surface area contributed by atoms with Crippen molar-refractivity contribution < 1.29 is 57.6 Å². The molecule has 0 radical (unpaired) electrons. The summed E-state index contributed by atoms with van der Waals surface area (Å²) in [5.41, 5.74) is 0.996. The van der Waals surface area contributed by atoms with Crippen LogP contribution in [0.15, 0.2) is 24.3 Å². The zero-order chi connectivity index (χ0) is 79.5. The van der Waals surface area contributed by atoms with Crippen molar-refractivity contribution in [2.45, 2.75) is 308 Å². The Bertz CT molecular complexity index is 2570. The molecule has 104 heavy (non-hydrogen) atoms. The SMILES string of the molecule is CC1CCC(C(C)C)C(C(=O)CC(C)(C)C)C1.CC1CCC(C(C)C)C(C(=O)OCCOCCO)C1.CCC(C)CC(=O)C1CC(C)CCC1C(C)C.CNC(=O)C(C)(C(C)C)C(C)C.COC(=O)CCC(=O)C1CC(C)CCC1C(C)C.COc1ccc(CC(=O)C2CC(C)CCC2C(C)C)cc1. The molecule has 604 valence electrons. The average Bonchev–Trinajstić information content (AvgIpc) is 0.859. The molecule has 0 spiro atoms. The van der Waals surface area contributed by atoms with Gasteiger partial charge in [-0.05, 0) is 194 Å². The largest absolute Gasteiger partial charge is 0.497 e. The molecule has 5 aliphatic carbocycles. The standard InChI is InChI=1S/C19H28O2.2C16H30O.C15H28O4.C15H26O3.C10H21NO/c1-13(2)17-10-5-14(3)11-18(17)19(20)12-15-6-8-16(21-4)9-7-15;1-11(2)13-8-7-12(3)9-14(13)15(17)10-16(4,5)6;1-6-12(4)10-16(17)15-9-13(5)7-8-14(15)11(2)3;1-11(2)13-5-4-12(3)10-14(13)15(17)19-9-8-18-7-6-16;1-10(2)12-6-5-11(3)9-13(12)14(16)7-8-15(17)18-4;1-7(2)10(5,8(3)4)9(12)11-6/h6-9,13-14,17-18H,5,10-12H2,1-4H3;11-14H,7-10H2,1-6H3;11-15H,6-10H2,1-5H3;11-14,16H,4-10H2,1-3H3;10-13H,5-9H2,1-4H3;7-8H,1-6H3,(H,11,12). The summed E-state index contributed by atoms with van der Waals surface area (Å²) in [7, 11) is 4.73. The van der Waals surface area contributed by atoms with E-state index < -0.39 is 0 Å². The van der Waals surface area contributed by atoms with E-state index >= 15 is 0 Å². The molecule has 5 aliphatic rings. The van der Waals surface area contributed by atoms with Crippen LogP contribution in [0.1, 0.15) is 307 Å². The number of ketones is 4. The maximum atomic E-state index is 12.8. The number of nitrogens with one attached hydrogen (secondary N) is 1. The highest BCUT2D eigenvalue weighted by Crippen LogP contribution is 2.45. The Labute approximate surface area is 638 Å². The van der Waals surface area contributed by atoms with Crippen LogP contribution in [-0.2, 0) is 54.2 Å². The van der Waals surface area contributed by atoms with Gasteiger partial charge < -0.3 is 29.4 Å². The van der Waals surface area contributed by atoms with Crippen molar-refractivity contribution in [2.24, 2.45) is 147 Å². The Balaban J connectivity index is 0.000000628. The summed E-state index contributed by atoms with van der Waals surface area (Å²) in [5, 5.41) is 11.3. The highest BCUT2D eigenvalue weighted by atomic mass is 16.6. The van der Waals surface area contributed by atoms with Crippen LogP contribution in [0.2, 0.25) is 0 Å². The van der Waals surface area contributed by atoms with E-state index in [-0.39, 0.29) is 71.8 Å². The fourth-order valence-electron chi connectivity index (χ4n) is 17.6. The summed E-state index contributed by atoms with van der Waals surface area (Å²) in [6.07, 6.45) is 21.4. The van der Waals surface area contributed by atoms with Crippen molar-refractivity contribution >= 4 is 41.0 Å². The molecule has 1 aromatic rings. The number of methoxy groups -OCH3 is 2. The zero-order valence-electron chi connectivity index (χ0n) is 72.2. The molecule has 0 heterocycles. The van der Waals surface area contributed by atoms with Gasteiger partial charge in [-0.1, -0.05) is 224 Å². The molecule has 16 atom stereocenters. The van der Waals surface area contributed by atoms with Gasteiger partial charge in [0, 0.05) is 56.4 Å². The summed E-state index contributed by atoms with van der Waals surface area (Å²) in [4.78, 5) is 84.8. The Morgan fingerprint density at radius 3 is 1.17 bits per heavy atom. The minimum absolute atomic E-state index is 0.00348. The van der Waals surface area contributed by atoms with Crippen molar-refractivity contribution in [3.63, 3.8) is 0 Å². The number of ether oxygens (including phenoxy) is 4. The molecule has 0 aromatic heterocycles. The van der Waals surface area contributed by atoms with Crippen molar-refractivity contribution in [1.29, 1.82) is 0 Å². The first-order chi connectivity index (χ1) is 48.5. The van der Waals surface area contributed by atoms with Gasteiger partial charge in [-0.25, -0.2) is 0 Å². The van der Waals surface area contributed by atoms with Gasteiger partial charge in [-0.3, -0.25) is 33.6 Å². The Kier molecular flexibility index (Phi) is 47.1. The number of aliphatic hydroxyl groups excluding tert-OH is 1. The fourth-order valence-corrected chi connectivity index (χ4v) is 17.6. The van der Waals surface area contributed by atoms with Crippen molar-refractivity contribution in [3.8, 4) is 5.75 Å². The Hall–Kier alpha value is -3.97. The molecule has 1 aromatic carbocycles. The lowest BCUT2D eigenvalue weighted by Crippen LogP contribution is -2.44. The van der Waals surface area contributed by atoms with Crippen LogP contribution < -0.4 is 10.1 Å². The number of esters is 2. The normalized spacial score (nSPS) is 26.7. The maximum Gasteiger partial charge on any atom is 0.309 e. The number of Topliss-reactive ketones (excluding diaryl/α,β-unsaturated/α-hetero) is 4. The minimum Gasteiger partial charge on any atom is -0.497 e. The highest BCUT2D eigenvalue weighted by molar-refractivity contribution is 5.86. The number of hydrogen-bond donors (Lipinski definition) is 2. The van der Waals surface area contributed by atoms with Crippen LogP contribution in [0.4, 0.5) is 0 Å². The smallest absolute Gasteiger partial charge is 0.309 e. The topological polar surface area (TPSA) is 189 Å². The molecule has 1 amide bonds. The van der Waals surface area contributed by atoms with Gasteiger partial charge in [0.05, 0.1) is 51.8 Å². The average molecular weight is 1460 g/mol. The fraction of sp³-hybridized carbons (Fsp3) is 0.857. The molecule has 13 heteroatoms. The van der Waals surface area contributed by atoms with E-state index in [9.17, 15) is 33.6 Å². The molecular formula is C91H163NO12. The number of carbonyl (C=O) groups is 7. The van der Waals surface area contributed by atoms with E-state index in [1.165, 1.54) is 58.5 Å². The third-order valence-electron chi connectivity index (χ3n) is 25.2. The third kappa shape index (κ3) is 35.2. The van der Waals surface area contributed by atoms with Crippen LogP contribution in [-0.4, -0.2) is 93.8 Å². The second kappa shape index (κ2) is 50.0. The predicted octanol–water partition coefficient (Wildman–Crippen LogP) is 21.4. The molecule has 5 saturated carbocycles. The Morgan fingerprint density at radius 1 is 0.481 bits per heavy atom. The summed E-state index contributed by atoms with van der Waals surface area (Å²) in [6.45, 7) is 55.9. The summed E-state index contributed by atoms with van der Waals surface area (Å²) < 4.78 is 20.2. The van der Waals surface area contributed by atoms with E-state index in [4.69, 9.17) is 19.3 Å². The number of benzene rings is 1. The molecule has 0 aliphatic heterocycles. The third-order valence-corrected chi connectivity index (χ3v) is 25.2. The van der Waals surface area contributed by atoms with Crippen molar-refractivity contribution in [2.75, 3.05) is 47.7 Å². The van der Waals surface area contributed by atoms with Gasteiger partial charge >= 0.3 is 11.9 Å². The molecular weight excluding hydrogens is 1300 g/mol. The first kappa shape index (κ1) is 98.0. The van der Waals surface area contributed by atoms with E-state index in [1.54, 1.807) is 14.2 Å². The summed E-state index contributed by atoms with van der Waals surface area (Å²) in [6, 6.07) is 7.89. The van der Waals surface area contributed by atoms with Gasteiger partial charge in [0.1, 0.15) is 35.5 Å². The summed E-state index contributed by atoms with van der Waals surface area (Å²) in [5.74, 6) is 14.0. The van der Waals surface area contributed by atoms with E-state index in [0.29, 0.717) is 150 Å². The van der Waals surface area contributed by atoms with E-state index in [2.05, 4.69) is 176 Å². The van der Waals surface area contributed by atoms with E-state index in [1.807, 2.05) is 31.2 Å². The van der Waals surface area contributed by atoms with Gasteiger partial charge in [0.2, 0.25) is 5.91 Å². The summed E-state index contributed by atoms with van der Waals surface area (Å²) >= 11 is 0. The maximum absolute atomic E-state index is 12.8. The number of carbonyl (C=O) groups excluding carboxylic acids is 7. The molecule has 0 saturated heterocycles. The van der Waals surface area contributed by atoms with Gasteiger partial charge in [-0.15, -0.1) is 0 Å². The number of amides is 1. The number of aliphatic hydroxyl groups is 1. The Morgan fingerprint density at radius 2 is 0.846 bits per heavy atom. The molecule has 13 nitrogen and oxygen atoms in total. The monoisotopic (exact) mass is 1460 g/mol. The van der Waals surface area contributed by atoms with Crippen LogP contribution in [0.5, 0.6) is 5.75 Å². The van der Waals surface area contributed by atoms with Crippen LogP contribution >= 0.6 is 0 Å². The lowest BCUT2D eigenvalue weighted by Gasteiger charge is -2.37. The van der Waals surface area contributed by atoms with Crippen molar-refractivity contribution in [3.05, 3.63) is 29.8 Å². The second-order valence-electron chi connectivity index (χ2n) is 37.3. The molecule has 16 unspecified atom stereocenters. The van der Waals surface area contributed by atoms with Crippen molar-refractivity contribution in [1.82, 2.24) is 5.32 Å². The van der Waals surface area contributed by atoms with Gasteiger partial charge in [-0.2, -0.15) is 0 Å². The second-order valence-corrected chi connectivity index (χ2v) is 37.3. The first-order valence-electron chi connectivity index (χ1n) is 41.9. The lowest BCUT2D eigenvalue weighted by molar-refractivity contribution is -0.155. The zero-order valence-corrected chi connectivity index (χ0v) is 72.2. The van der Waals surface area contributed by atoms with Gasteiger partial charge in [0.15, 0.2) is 0 Å². The minimum atomic E-state index is -0.284. The molecule has 6 rings (SSSR count).